The topological polar surface area (TPSA) is 90.0 Å². The molecule has 2 aromatic rings. The largest absolute Gasteiger partial charge is 0.351 e. The highest BCUT2D eigenvalue weighted by Gasteiger charge is 2.18. The maximum absolute atomic E-state index is 13.1. The minimum Gasteiger partial charge on any atom is -0.351 e. The molecular weight excluding hydrogens is 290 g/mol. The molecule has 0 spiro atoms. The zero-order valence-electron chi connectivity index (χ0n) is 10.0. The molecule has 20 heavy (non-hydrogen) atoms. The number of aromatic nitrogens is 2. The number of fused-ring (bicyclic) bond motifs is 1. The Labute approximate surface area is 116 Å². The average molecular weight is 300 g/mol. The quantitative estimate of drug-likeness (QED) is 0.841. The van der Waals surface area contributed by atoms with Crippen molar-refractivity contribution in [1.82, 2.24) is 14.9 Å². The molecule has 0 aliphatic heterocycles. The van der Waals surface area contributed by atoms with E-state index in [1.807, 2.05) is 5.32 Å². The van der Waals surface area contributed by atoms with E-state index in [0.29, 0.717) is 5.52 Å². The molecule has 3 amide bonds. The number of para-hydroxylation sites is 2. The van der Waals surface area contributed by atoms with E-state index in [4.69, 9.17) is 5.73 Å². The van der Waals surface area contributed by atoms with Gasteiger partial charge in [0.1, 0.15) is 0 Å². The standard InChI is InChI=1S/C11H10F2N4O2S/c12-9(13)17-7-4-2-1-3-6(7)15-11(17)20-5-8(18)16-10(14)19/h1-4,9H,5H2,(H3,14,16,18,19). The monoisotopic (exact) mass is 300 g/mol. The summed E-state index contributed by atoms with van der Waals surface area (Å²) in [7, 11) is 0. The number of urea groups is 1. The molecule has 0 atom stereocenters. The first-order chi connectivity index (χ1) is 9.49. The number of alkyl halides is 2. The molecule has 0 saturated heterocycles. The van der Waals surface area contributed by atoms with Crippen LogP contribution in [0.1, 0.15) is 6.55 Å². The van der Waals surface area contributed by atoms with Crippen LogP contribution in [0.25, 0.3) is 11.0 Å². The van der Waals surface area contributed by atoms with Crippen LogP contribution >= 0.6 is 11.8 Å². The highest BCUT2D eigenvalue weighted by atomic mass is 32.2. The number of thioether (sulfide) groups is 1. The van der Waals surface area contributed by atoms with E-state index in [1.54, 1.807) is 18.2 Å². The SMILES string of the molecule is NC(=O)NC(=O)CSc1nc2ccccc2n1C(F)F. The molecule has 0 radical (unpaired) electrons. The van der Waals surface area contributed by atoms with E-state index in [-0.39, 0.29) is 16.4 Å². The number of benzene rings is 1. The summed E-state index contributed by atoms with van der Waals surface area (Å²) in [5.74, 6) is -0.908. The summed E-state index contributed by atoms with van der Waals surface area (Å²) >= 11 is 0.803. The normalized spacial score (nSPS) is 10.9. The Bertz CT molecular complexity index is 659. The highest BCUT2D eigenvalue weighted by Crippen LogP contribution is 2.28. The fourth-order valence-electron chi connectivity index (χ4n) is 1.62. The van der Waals surface area contributed by atoms with Crippen LogP contribution in [0.15, 0.2) is 29.4 Å². The number of carbonyl (C=O) groups excluding carboxylic acids is 2. The fourth-order valence-corrected chi connectivity index (χ4v) is 2.43. The van der Waals surface area contributed by atoms with Crippen LogP contribution in [0.3, 0.4) is 0 Å². The van der Waals surface area contributed by atoms with Crippen LogP contribution in [-0.4, -0.2) is 27.2 Å². The number of imide groups is 1. The van der Waals surface area contributed by atoms with Gasteiger partial charge in [-0.3, -0.25) is 14.7 Å². The predicted octanol–water partition coefficient (Wildman–Crippen LogP) is 1.72. The Kier molecular flexibility index (Phi) is 4.18. The molecule has 3 N–H and O–H groups in total. The molecule has 1 aromatic carbocycles. The van der Waals surface area contributed by atoms with Crippen LogP contribution in [-0.2, 0) is 4.79 Å². The van der Waals surface area contributed by atoms with Crippen molar-refractivity contribution in [3.63, 3.8) is 0 Å². The highest BCUT2D eigenvalue weighted by molar-refractivity contribution is 7.99. The Morgan fingerprint density at radius 1 is 1.40 bits per heavy atom. The van der Waals surface area contributed by atoms with Gasteiger partial charge in [0.05, 0.1) is 16.8 Å². The van der Waals surface area contributed by atoms with Crippen molar-refractivity contribution in [2.24, 2.45) is 5.73 Å². The van der Waals surface area contributed by atoms with E-state index in [0.717, 1.165) is 16.3 Å². The first-order valence-electron chi connectivity index (χ1n) is 5.46. The molecule has 1 heterocycles. The summed E-state index contributed by atoms with van der Waals surface area (Å²) in [6.07, 6.45) is 0. The summed E-state index contributed by atoms with van der Waals surface area (Å²) in [6, 6.07) is 5.43. The Hall–Kier alpha value is -2.16. The minimum atomic E-state index is -2.77. The molecular formula is C11H10F2N4O2S. The van der Waals surface area contributed by atoms with Crippen LogP contribution in [0.2, 0.25) is 0 Å². The number of nitrogens with one attached hydrogen (secondary N) is 1. The van der Waals surface area contributed by atoms with Gasteiger partial charge in [0.25, 0.3) is 0 Å². The van der Waals surface area contributed by atoms with E-state index in [2.05, 4.69) is 4.98 Å². The lowest BCUT2D eigenvalue weighted by Crippen LogP contribution is -2.36. The van der Waals surface area contributed by atoms with Crippen LogP contribution in [0.5, 0.6) is 0 Å². The summed E-state index contributed by atoms with van der Waals surface area (Å²) < 4.78 is 26.9. The maximum Gasteiger partial charge on any atom is 0.321 e. The number of primary amides is 1. The summed E-state index contributed by atoms with van der Waals surface area (Å²) in [5.41, 5.74) is 5.47. The third kappa shape index (κ3) is 3.05. The van der Waals surface area contributed by atoms with E-state index in [1.165, 1.54) is 6.07 Å². The molecule has 6 nitrogen and oxygen atoms in total. The minimum absolute atomic E-state index is 0.000760. The van der Waals surface area contributed by atoms with E-state index >= 15 is 0 Å². The van der Waals surface area contributed by atoms with Gasteiger partial charge in [-0.25, -0.2) is 9.78 Å². The second-order valence-electron chi connectivity index (χ2n) is 3.73. The number of imidazole rings is 1. The lowest BCUT2D eigenvalue weighted by atomic mass is 10.3. The van der Waals surface area contributed by atoms with Crippen molar-refractivity contribution in [3.8, 4) is 0 Å². The van der Waals surface area contributed by atoms with Crippen LogP contribution in [0, 0.1) is 0 Å². The Morgan fingerprint density at radius 3 is 2.75 bits per heavy atom. The van der Waals surface area contributed by atoms with Crippen molar-refractivity contribution in [1.29, 1.82) is 0 Å². The predicted molar refractivity (Wildman–Crippen MR) is 69.4 cm³/mol. The summed E-state index contributed by atoms with van der Waals surface area (Å²) in [6.45, 7) is -2.77. The van der Waals surface area contributed by atoms with Gasteiger partial charge in [-0.15, -0.1) is 0 Å². The number of carbonyl (C=O) groups is 2. The van der Waals surface area contributed by atoms with Crippen molar-refractivity contribution in [3.05, 3.63) is 24.3 Å². The number of nitrogens with two attached hydrogens (primary N) is 1. The number of halogens is 2. The third-order valence-corrected chi connectivity index (χ3v) is 3.31. The first kappa shape index (κ1) is 14.3. The van der Waals surface area contributed by atoms with Gasteiger partial charge in [0, 0.05) is 0 Å². The molecule has 0 fully saturated rings. The summed E-state index contributed by atoms with van der Waals surface area (Å²) in [4.78, 5) is 25.8. The molecule has 0 bridgehead atoms. The molecule has 0 unspecified atom stereocenters. The van der Waals surface area contributed by atoms with Crippen LogP contribution in [0.4, 0.5) is 13.6 Å². The lowest BCUT2D eigenvalue weighted by Gasteiger charge is -2.06. The Morgan fingerprint density at radius 2 is 2.10 bits per heavy atom. The van der Waals surface area contributed by atoms with Crippen molar-refractivity contribution in [2.45, 2.75) is 11.7 Å². The molecule has 0 aliphatic carbocycles. The molecule has 1 aromatic heterocycles. The zero-order valence-corrected chi connectivity index (χ0v) is 10.9. The number of nitrogens with zero attached hydrogens (tertiary/aromatic N) is 2. The zero-order chi connectivity index (χ0) is 14.7. The van der Waals surface area contributed by atoms with Gasteiger partial charge in [0.15, 0.2) is 5.16 Å². The second kappa shape index (κ2) is 5.87. The lowest BCUT2D eigenvalue weighted by molar-refractivity contribution is -0.117. The third-order valence-electron chi connectivity index (χ3n) is 2.35. The van der Waals surface area contributed by atoms with Crippen molar-refractivity contribution < 1.29 is 18.4 Å². The molecule has 0 saturated carbocycles. The average Bonchev–Trinajstić information content (AvgIpc) is 2.73. The maximum atomic E-state index is 13.1. The molecule has 106 valence electrons. The summed E-state index contributed by atoms with van der Waals surface area (Å²) in [5, 5.41) is 1.85. The smallest absolute Gasteiger partial charge is 0.321 e. The van der Waals surface area contributed by atoms with Crippen molar-refractivity contribution >= 4 is 34.7 Å². The second-order valence-corrected chi connectivity index (χ2v) is 4.67. The van der Waals surface area contributed by atoms with Gasteiger partial charge < -0.3 is 5.73 Å². The van der Waals surface area contributed by atoms with Gasteiger partial charge in [-0.1, -0.05) is 23.9 Å². The van der Waals surface area contributed by atoms with Crippen molar-refractivity contribution in [2.75, 3.05) is 5.75 Å². The number of hydrogen-bond acceptors (Lipinski definition) is 4. The molecule has 2 rings (SSSR count). The van der Waals surface area contributed by atoms with Crippen LogP contribution < -0.4 is 11.1 Å². The van der Waals surface area contributed by atoms with E-state index < -0.39 is 18.5 Å². The molecule has 0 aliphatic rings. The van der Waals surface area contributed by atoms with Gasteiger partial charge in [-0.2, -0.15) is 8.78 Å². The fraction of sp³-hybridized carbons (Fsp3) is 0.182. The molecule has 9 heteroatoms. The first-order valence-corrected chi connectivity index (χ1v) is 6.45. The van der Waals surface area contributed by atoms with Gasteiger partial charge in [0.2, 0.25) is 5.91 Å². The van der Waals surface area contributed by atoms with Gasteiger partial charge in [-0.05, 0) is 12.1 Å². The number of rotatable bonds is 4. The number of hydrogen-bond donors (Lipinski definition) is 2. The Balaban J connectivity index is 2.23. The number of amides is 3. The van der Waals surface area contributed by atoms with Gasteiger partial charge >= 0.3 is 12.6 Å². The van der Waals surface area contributed by atoms with E-state index in [9.17, 15) is 18.4 Å².